The first-order valence-corrected chi connectivity index (χ1v) is 6.19. The van der Waals surface area contributed by atoms with E-state index in [1.807, 2.05) is 0 Å². The van der Waals surface area contributed by atoms with Crippen LogP contribution in [0.4, 0.5) is 0 Å². The Morgan fingerprint density at radius 3 is 1.65 bits per heavy atom. The van der Waals surface area contributed by atoms with Crippen LogP contribution in [0.2, 0.25) is 0 Å². The van der Waals surface area contributed by atoms with Crippen molar-refractivity contribution in [2.24, 2.45) is 11.8 Å². The van der Waals surface area contributed by atoms with Crippen molar-refractivity contribution < 1.29 is 41.9 Å². The van der Waals surface area contributed by atoms with Crippen molar-refractivity contribution in [2.75, 3.05) is 20.8 Å². The van der Waals surface area contributed by atoms with Gasteiger partial charge in [-0.05, 0) is 13.8 Å². The zero-order valence-electron chi connectivity index (χ0n) is 12.2. The smallest absolute Gasteiger partial charge is 0.299 e. The fourth-order valence-corrected chi connectivity index (χ4v) is 2.34. The molecule has 0 N–H and O–H groups in total. The van der Waals surface area contributed by atoms with E-state index in [1.54, 1.807) is 0 Å². The van der Waals surface area contributed by atoms with E-state index in [-0.39, 0.29) is 32.7 Å². The molecule has 17 heavy (non-hydrogen) atoms. The van der Waals surface area contributed by atoms with Crippen LogP contribution in [0.25, 0.3) is 0 Å². The Labute approximate surface area is 132 Å². The summed E-state index contributed by atoms with van der Waals surface area (Å²) < 4.78 is 4.62. The van der Waals surface area contributed by atoms with E-state index < -0.39 is 0 Å². The largest absolute Gasteiger partial charge is 0.329 e. The van der Waals surface area contributed by atoms with Gasteiger partial charge in [0.05, 0.1) is 0 Å². The van der Waals surface area contributed by atoms with Gasteiger partial charge in [0.2, 0.25) is 0 Å². The third-order valence-corrected chi connectivity index (χ3v) is 3.42. The second kappa shape index (κ2) is 7.58. The molecule has 2 nitrogen and oxygen atoms in total. The van der Waals surface area contributed by atoms with Gasteiger partial charge in [0.15, 0.2) is 0 Å². The number of rotatable bonds is 0. The van der Waals surface area contributed by atoms with Crippen LogP contribution in [-0.2, 0) is 32.7 Å². The minimum atomic E-state index is 0. The third kappa shape index (κ3) is 5.57. The molecule has 0 aromatic heterocycles. The summed E-state index contributed by atoms with van der Waals surface area (Å²) in [5.41, 5.74) is 2.75. The van der Waals surface area contributed by atoms with Gasteiger partial charge in [-0.2, -0.15) is 11.8 Å². The van der Waals surface area contributed by atoms with E-state index in [1.165, 1.54) is 17.8 Å². The van der Waals surface area contributed by atoms with Crippen LogP contribution < -0.4 is 0 Å². The molecule has 0 saturated carbocycles. The summed E-state index contributed by atoms with van der Waals surface area (Å²) in [6.45, 7) is 9.99. The van der Waals surface area contributed by atoms with Crippen molar-refractivity contribution in [1.82, 2.24) is 0 Å². The van der Waals surface area contributed by atoms with Gasteiger partial charge in [-0.25, -0.2) is 9.15 Å². The maximum absolute atomic E-state index is 2.39. The van der Waals surface area contributed by atoms with Gasteiger partial charge in [-0.3, -0.25) is 12.8 Å². The summed E-state index contributed by atoms with van der Waals surface area (Å²) >= 11 is 0. The summed E-state index contributed by atoms with van der Waals surface area (Å²) in [4.78, 5) is 0. The second-order valence-electron chi connectivity index (χ2n) is 5.34. The molecular formula is C14H26N2Y. The van der Waals surface area contributed by atoms with Crippen LogP contribution in [0.3, 0.4) is 0 Å². The molecule has 0 aromatic carbocycles. The predicted octanol–water partition coefficient (Wildman–Crippen LogP) is 2.23. The Hall–Kier alpha value is 0.184. The van der Waals surface area contributed by atoms with Crippen molar-refractivity contribution in [3.05, 3.63) is 12.8 Å². The molecule has 2 unspecified atom stereocenters. The maximum atomic E-state index is 2.39. The standard InChI is InChI=1S/C14H26N2.Y/c1-11-7-12(2)9-14(4)16(6)10-15(5)13(3)8-11;/h8-9,11-12H,7,10H2,1-6H3;/b15-13-,16-14-;. The normalized spacial score (nSPS) is 35.4. The first-order chi connectivity index (χ1) is 7.40. The van der Waals surface area contributed by atoms with E-state index in [0.717, 1.165) is 6.67 Å². The molecule has 1 rings (SSSR count). The van der Waals surface area contributed by atoms with Gasteiger partial charge in [0.1, 0.15) is 14.1 Å². The average Bonchev–Trinajstić information content (AvgIpc) is 2.15. The fourth-order valence-electron chi connectivity index (χ4n) is 2.34. The van der Waals surface area contributed by atoms with Crippen molar-refractivity contribution in [1.29, 1.82) is 0 Å². The molecule has 0 aliphatic carbocycles. The fraction of sp³-hybridized carbons (Fsp3) is 0.714. The van der Waals surface area contributed by atoms with E-state index in [2.05, 4.69) is 63.8 Å². The van der Waals surface area contributed by atoms with Crippen LogP contribution in [0.1, 0.15) is 34.1 Å². The minimum Gasteiger partial charge on any atom is -0.299 e. The van der Waals surface area contributed by atoms with Gasteiger partial charge in [0.25, 0.3) is 0 Å². The van der Waals surface area contributed by atoms with Gasteiger partial charge >= 0.3 is 6.67 Å². The Morgan fingerprint density at radius 2 is 1.29 bits per heavy atom. The number of hydrogen-bond acceptors (Lipinski definition) is 0. The zero-order chi connectivity index (χ0) is 12.3. The van der Waals surface area contributed by atoms with Crippen molar-refractivity contribution in [3.8, 4) is 0 Å². The van der Waals surface area contributed by atoms with Crippen molar-refractivity contribution >= 4 is 11.4 Å². The first-order valence-electron chi connectivity index (χ1n) is 6.19. The summed E-state index contributed by atoms with van der Waals surface area (Å²) in [5, 5.41) is 0. The molecule has 0 saturated heterocycles. The van der Waals surface area contributed by atoms with E-state index >= 15 is 0 Å². The molecule has 1 aliphatic heterocycles. The minimum absolute atomic E-state index is 0. The second-order valence-corrected chi connectivity index (χ2v) is 5.34. The molecule has 0 spiro atoms. The molecule has 2 atom stereocenters. The molecule has 0 bridgehead atoms. The summed E-state index contributed by atoms with van der Waals surface area (Å²) in [6.07, 6.45) is 6.01. The van der Waals surface area contributed by atoms with Crippen molar-refractivity contribution in [3.63, 3.8) is 0 Å². The number of nitrogens with zero attached hydrogens (tertiary/aromatic N) is 2. The van der Waals surface area contributed by atoms with E-state index in [9.17, 15) is 0 Å². The molecule has 95 valence electrons. The van der Waals surface area contributed by atoms with Gasteiger partial charge in [-0.1, -0.05) is 20.3 Å². The van der Waals surface area contributed by atoms with Gasteiger partial charge in [0, 0.05) is 44.1 Å². The van der Waals surface area contributed by atoms with Crippen LogP contribution in [-0.4, -0.2) is 41.3 Å². The third-order valence-electron chi connectivity index (χ3n) is 3.42. The number of hydrogen-bond donors (Lipinski definition) is 0. The van der Waals surface area contributed by atoms with Gasteiger partial charge in [-0.15, -0.1) is 0 Å². The predicted molar refractivity (Wildman–Crippen MR) is 70.1 cm³/mol. The Balaban J connectivity index is 0.00000256. The van der Waals surface area contributed by atoms with Crippen LogP contribution in [0.5, 0.6) is 0 Å². The maximum Gasteiger partial charge on any atom is 0.329 e. The van der Waals surface area contributed by atoms with Crippen LogP contribution in [0, 0.1) is 24.7 Å². The SMILES string of the molecule is C/C1=[N+](\C)C/[N+](C)=C(/C)[CH-]C(C)CC(C)[CH-]1.[Y]. The topological polar surface area (TPSA) is 6.02 Å². The van der Waals surface area contributed by atoms with Crippen molar-refractivity contribution in [2.45, 2.75) is 34.1 Å². The summed E-state index contributed by atoms with van der Waals surface area (Å²) in [7, 11) is 4.32. The zero-order valence-corrected chi connectivity index (χ0v) is 15.0. The molecule has 1 heterocycles. The van der Waals surface area contributed by atoms with Crippen LogP contribution in [0.15, 0.2) is 0 Å². The summed E-state index contributed by atoms with van der Waals surface area (Å²) in [5.74, 6) is 1.31. The Bertz CT molecular complexity index is 288. The van der Waals surface area contributed by atoms with E-state index in [4.69, 9.17) is 0 Å². The molecule has 1 aliphatic rings. The Kier molecular flexibility index (Phi) is 7.66. The average molecular weight is 311 g/mol. The first kappa shape index (κ1) is 17.2. The molecular weight excluding hydrogens is 285 g/mol. The quantitative estimate of drug-likeness (QED) is 0.478. The molecule has 0 aromatic rings. The summed E-state index contributed by atoms with van der Waals surface area (Å²) in [6, 6.07) is 0. The van der Waals surface area contributed by atoms with E-state index in [0.29, 0.717) is 11.8 Å². The molecule has 3 heteroatoms. The van der Waals surface area contributed by atoms with Crippen LogP contribution >= 0.6 is 0 Å². The molecule has 0 fully saturated rings. The Morgan fingerprint density at radius 1 is 0.941 bits per heavy atom. The monoisotopic (exact) mass is 311 g/mol. The van der Waals surface area contributed by atoms with Gasteiger partial charge < -0.3 is 0 Å². The molecule has 1 radical (unpaired) electrons. The molecule has 0 amide bonds.